The Kier molecular flexibility index (Phi) is 9.31. The molecule has 4 atom stereocenters. The van der Waals surface area contributed by atoms with E-state index < -0.39 is 41.0 Å². The summed E-state index contributed by atoms with van der Waals surface area (Å²) in [5.74, 6) is -3.04. The van der Waals surface area contributed by atoms with Crippen LogP contribution >= 0.6 is 23.2 Å². The van der Waals surface area contributed by atoms with Crippen molar-refractivity contribution < 1.29 is 18.4 Å². The molecule has 2 aliphatic heterocycles. The first-order chi connectivity index (χ1) is 21.0. The fraction of sp³-hybridized carbons (Fsp3) is 0.382. The average molecular weight is 640 g/mol. The van der Waals surface area contributed by atoms with Crippen molar-refractivity contribution in [3.63, 3.8) is 0 Å². The number of hydrogen-bond donors (Lipinski definition) is 1. The van der Waals surface area contributed by atoms with Gasteiger partial charge in [-0.15, -0.1) is 0 Å². The summed E-state index contributed by atoms with van der Waals surface area (Å²) in [6, 6.07) is 16.7. The molecule has 2 aliphatic rings. The van der Waals surface area contributed by atoms with Gasteiger partial charge in [0.15, 0.2) is 0 Å². The molecule has 0 spiro atoms. The van der Waals surface area contributed by atoms with Gasteiger partial charge in [0.2, 0.25) is 11.8 Å². The van der Waals surface area contributed by atoms with Crippen LogP contribution < -0.4 is 5.32 Å². The lowest BCUT2D eigenvalue weighted by atomic mass is 9.65. The Morgan fingerprint density at radius 2 is 1.77 bits per heavy atom. The quantitative estimate of drug-likeness (QED) is 0.333. The predicted octanol–water partition coefficient (Wildman–Crippen LogP) is 6.53. The van der Waals surface area contributed by atoms with E-state index in [1.807, 2.05) is 36.1 Å². The number of rotatable bonds is 6. The Bertz CT molecular complexity index is 1620. The summed E-state index contributed by atoms with van der Waals surface area (Å²) in [4.78, 5) is 30.0. The highest BCUT2D eigenvalue weighted by atomic mass is 35.5. The van der Waals surface area contributed by atoms with E-state index in [4.69, 9.17) is 23.2 Å². The van der Waals surface area contributed by atoms with Crippen LogP contribution in [-0.2, 0) is 21.5 Å². The van der Waals surface area contributed by atoms with Gasteiger partial charge in [0.25, 0.3) is 0 Å². The number of benzene rings is 3. The Morgan fingerprint density at radius 1 is 1.07 bits per heavy atom. The maximum atomic E-state index is 16.0. The molecule has 5 rings (SSSR count). The SMILES string of the molecule is CC(=O)N1CCC(NC(=O)[C@H]2[C@H](c3cccc(Cl)c3F)[C@@](C#N)(c3ccc(Cl)cc3F)C(C)N2Cc2cccc(C)c2)CC1. The average Bonchev–Trinajstić information content (AvgIpc) is 3.22. The first-order valence-corrected chi connectivity index (χ1v) is 15.4. The van der Waals surface area contributed by atoms with Crippen molar-refractivity contribution in [1.29, 1.82) is 5.26 Å². The second-order valence-electron chi connectivity index (χ2n) is 11.8. The monoisotopic (exact) mass is 638 g/mol. The van der Waals surface area contributed by atoms with Crippen LogP contribution in [0.1, 0.15) is 54.9 Å². The first kappa shape index (κ1) is 31.9. The van der Waals surface area contributed by atoms with Gasteiger partial charge >= 0.3 is 0 Å². The molecule has 0 radical (unpaired) electrons. The van der Waals surface area contributed by atoms with Crippen LogP contribution in [0, 0.1) is 29.9 Å². The molecule has 0 aromatic heterocycles. The van der Waals surface area contributed by atoms with E-state index in [9.17, 15) is 14.9 Å². The van der Waals surface area contributed by atoms with Crippen LogP contribution in [0.2, 0.25) is 10.0 Å². The number of nitrogens with one attached hydrogen (secondary N) is 1. The van der Waals surface area contributed by atoms with Crippen molar-refractivity contribution in [2.24, 2.45) is 0 Å². The normalized spacial score (nSPS) is 24.2. The summed E-state index contributed by atoms with van der Waals surface area (Å²) in [5, 5.41) is 14.2. The molecule has 2 amide bonds. The smallest absolute Gasteiger partial charge is 0.238 e. The van der Waals surface area contributed by atoms with Crippen molar-refractivity contribution in [2.75, 3.05) is 13.1 Å². The molecule has 1 N–H and O–H groups in total. The lowest BCUT2D eigenvalue weighted by Gasteiger charge is -2.35. The van der Waals surface area contributed by atoms with E-state index in [-0.39, 0.29) is 39.7 Å². The van der Waals surface area contributed by atoms with Crippen LogP contribution in [0.15, 0.2) is 60.7 Å². The predicted molar refractivity (Wildman–Crippen MR) is 166 cm³/mol. The second-order valence-corrected chi connectivity index (χ2v) is 12.6. The zero-order valence-electron chi connectivity index (χ0n) is 24.8. The number of nitriles is 1. The van der Waals surface area contributed by atoms with Crippen molar-refractivity contribution in [3.8, 4) is 6.07 Å². The lowest BCUT2D eigenvalue weighted by Crippen LogP contribution is -2.52. The van der Waals surface area contributed by atoms with Gasteiger partial charge < -0.3 is 10.2 Å². The molecule has 3 aromatic rings. The largest absolute Gasteiger partial charge is 0.352 e. The van der Waals surface area contributed by atoms with Crippen molar-refractivity contribution in [1.82, 2.24) is 15.1 Å². The fourth-order valence-corrected chi connectivity index (χ4v) is 7.34. The minimum atomic E-state index is -1.70. The summed E-state index contributed by atoms with van der Waals surface area (Å²) in [7, 11) is 0. The summed E-state index contributed by atoms with van der Waals surface area (Å²) >= 11 is 12.4. The number of aryl methyl sites for hydroxylation is 1. The van der Waals surface area contributed by atoms with Gasteiger partial charge in [0, 0.05) is 55.1 Å². The number of halogens is 4. The fourth-order valence-electron chi connectivity index (χ4n) is 7.00. The van der Waals surface area contributed by atoms with Crippen molar-refractivity contribution in [2.45, 2.75) is 69.6 Å². The van der Waals surface area contributed by atoms with E-state index in [0.29, 0.717) is 25.9 Å². The van der Waals surface area contributed by atoms with E-state index in [1.54, 1.807) is 17.9 Å². The molecular formula is C34H34Cl2F2N4O2. The molecule has 0 aliphatic carbocycles. The van der Waals surface area contributed by atoms with Gasteiger partial charge in [-0.3, -0.25) is 14.5 Å². The van der Waals surface area contributed by atoms with Crippen molar-refractivity contribution in [3.05, 3.63) is 105 Å². The molecule has 44 heavy (non-hydrogen) atoms. The van der Waals surface area contributed by atoms with Crippen LogP contribution in [0.4, 0.5) is 8.78 Å². The van der Waals surface area contributed by atoms with Gasteiger partial charge in [-0.25, -0.2) is 8.78 Å². The third-order valence-electron chi connectivity index (χ3n) is 9.20. The molecule has 6 nitrogen and oxygen atoms in total. The Morgan fingerprint density at radius 3 is 2.41 bits per heavy atom. The molecule has 3 aromatic carbocycles. The van der Waals surface area contributed by atoms with Gasteiger partial charge in [0.05, 0.1) is 17.1 Å². The molecule has 0 bridgehead atoms. The molecule has 2 fully saturated rings. The van der Waals surface area contributed by atoms with Gasteiger partial charge in [-0.2, -0.15) is 5.26 Å². The van der Waals surface area contributed by atoms with Crippen LogP contribution in [-0.4, -0.2) is 52.8 Å². The molecule has 10 heteroatoms. The number of hydrogen-bond acceptors (Lipinski definition) is 4. The minimum Gasteiger partial charge on any atom is -0.352 e. The second kappa shape index (κ2) is 12.8. The highest BCUT2D eigenvalue weighted by molar-refractivity contribution is 6.31. The van der Waals surface area contributed by atoms with E-state index >= 15 is 8.78 Å². The van der Waals surface area contributed by atoms with Gasteiger partial charge in [0.1, 0.15) is 17.0 Å². The summed E-state index contributed by atoms with van der Waals surface area (Å²) in [6.45, 7) is 6.50. The van der Waals surface area contributed by atoms with Crippen LogP contribution in [0.25, 0.3) is 0 Å². The zero-order chi connectivity index (χ0) is 31.8. The number of likely N-dealkylation sites (tertiary alicyclic amines) is 2. The van der Waals surface area contributed by atoms with E-state index in [0.717, 1.165) is 17.2 Å². The topological polar surface area (TPSA) is 76.4 Å². The Hall–Kier alpha value is -3.51. The van der Waals surface area contributed by atoms with Gasteiger partial charge in [-0.1, -0.05) is 71.2 Å². The maximum absolute atomic E-state index is 16.0. The van der Waals surface area contributed by atoms with E-state index in [1.165, 1.54) is 31.2 Å². The van der Waals surface area contributed by atoms with E-state index in [2.05, 4.69) is 11.4 Å². The molecule has 2 saturated heterocycles. The third-order valence-corrected chi connectivity index (χ3v) is 9.73. The standard InChI is InChI=1S/C34H34Cl2F2N4O2/c1-20-6-4-7-23(16-20)18-42-21(2)34(19-39,27-11-10-24(35)17-29(27)37)30(26-8-5-9-28(36)31(26)38)32(42)33(44)40-25-12-14-41(15-13-25)22(3)43/h4-11,16-17,21,25,30,32H,12-15,18H2,1-3H3,(H,40,44)/t21?,30-,32+,34+/m0/s1. The first-order valence-electron chi connectivity index (χ1n) is 14.7. The summed E-state index contributed by atoms with van der Waals surface area (Å²) in [6.07, 6.45) is 1.10. The Labute approximate surface area is 266 Å². The number of carbonyl (C=O) groups excluding carboxylic acids is 2. The van der Waals surface area contributed by atoms with Gasteiger partial charge in [-0.05, 0) is 56.0 Å². The third kappa shape index (κ3) is 5.81. The minimum absolute atomic E-state index is 0.0241. The van der Waals surface area contributed by atoms with Crippen molar-refractivity contribution >= 4 is 35.0 Å². The number of piperidine rings is 1. The highest BCUT2D eigenvalue weighted by Gasteiger charge is 2.63. The Balaban J connectivity index is 1.68. The molecule has 2 heterocycles. The van der Waals surface area contributed by atoms with Crippen LogP contribution in [0.5, 0.6) is 0 Å². The molecule has 230 valence electrons. The molecule has 0 saturated carbocycles. The van der Waals surface area contributed by atoms with Crippen LogP contribution in [0.3, 0.4) is 0 Å². The molecular weight excluding hydrogens is 605 g/mol. The maximum Gasteiger partial charge on any atom is 0.238 e. The highest BCUT2D eigenvalue weighted by Crippen LogP contribution is 2.54. The summed E-state index contributed by atoms with van der Waals surface area (Å²) < 4.78 is 31.9. The number of nitrogens with zero attached hydrogens (tertiary/aromatic N) is 3. The number of amides is 2. The number of carbonyl (C=O) groups is 2. The zero-order valence-corrected chi connectivity index (χ0v) is 26.3. The molecule has 1 unspecified atom stereocenters. The summed E-state index contributed by atoms with van der Waals surface area (Å²) in [5.41, 5.74) is 0.281. The lowest BCUT2D eigenvalue weighted by molar-refractivity contribution is -0.130.